The van der Waals surface area contributed by atoms with Gasteiger partial charge in [0.1, 0.15) is 16.3 Å². The maximum atomic E-state index is 14.1. The Kier molecular flexibility index (Phi) is 9.36. The number of hydrogen-bond donors (Lipinski definition) is 2. The van der Waals surface area contributed by atoms with Crippen molar-refractivity contribution >= 4 is 27.4 Å². The highest BCUT2D eigenvalue weighted by molar-refractivity contribution is 7.91. The van der Waals surface area contributed by atoms with E-state index in [1.54, 1.807) is 31.3 Å². The maximum absolute atomic E-state index is 14.1. The highest BCUT2D eigenvalue weighted by atomic mass is 32.2. The van der Waals surface area contributed by atoms with Gasteiger partial charge >= 0.3 is 6.36 Å². The number of benzene rings is 2. The summed E-state index contributed by atoms with van der Waals surface area (Å²) in [5.74, 6) is -2.47. The number of ether oxygens (including phenoxy) is 1. The van der Waals surface area contributed by atoms with Gasteiger partial charge in [0.15, 0.2) is 0 Å². The number of hydrogen-bond acceptors (Lipinski definition) is 5. The number of sulfonamides is 1. The molecule has 0 saturated heterocycles. The van der Waals surface area contributed by atoms with Crippen molar-refractivity contribution in [3.8, 4) is 5.75 Å². The van der Waals surface area contributed by atoms with Gasteiger partial charge in [0.05, 0.1) is 0 Å². The van der Waals surface area contributed by atoms with Crippen molar-refractivity contribution in [2.24, 2.45) is 17.0 Å². The lowest BCUT2D eigenvalue weighted by atomic mass is 9.86. The highest BCUT2D eigenvalue weighted by Crippen LogP contribution is 2.40. The van der Waals surface area contributed by atoms with Crippen LogP contribution in [0.1, 0.15) is 49.3 Å². The number of amides is 2. The summed E-state index contributed by atoms with van der Waals surface area (Å²) < 4.78 is 78.2. The van der Waals surface area contributed by atoms with Gasteiger partial charge in [-0.2, -0.15) is 0 Å². The molecule has 2 aromatic rings. The van der Waals surface area contributed by atoms with Crippen LogP contribution in [0.25, 0.3) is 5.57 Å². The highest BCUT2D eigenvalue weighted by Gasteiger charge is 2.42. The molecule has 43 heavy (non-hydrogen) atoms. The van der Waals surface area contributed by atoms with E-state index in [4.69, 9.17) is 5.14 Å². The fourth-order valence-electron chi connectivity index (χ4n) is 5.53. The first-order valence-electron chi connectivity index (χ1n) is 13.6. The first-order valence-corrected chi connectivity index (χ1v) is 15.2. The van der Waals surface area contributed by atoms with E-state index < -0.39 is 38.8 Å². The molecule has 2 aliphatic carbocycles. The van der Waals surface area contributed by atoms with Crippen LogP contribution < -0.4 is 15.2 Å². The summed E-state index contributed by atoms with van der Waals surface area (Å²) in [6.07, 6.45) is -0.755. The van der Waals surface area contributed by atoms with Crippen LogP contribution in [0.4, 0.5) is 17.6 Å². The first-order chi connectivity index (χ1) is 20.1. The Bertz CT molecular complexity index is 1520. The third-order valence-electron chi connectivity index (χ3n) is 8.02. The van der Waals surface area contributed by atoms with Gasteiger partial charge in [0.25, 0.3) is 0 Å². The Labute approximate surface area is 247 Å². The second-order valence-corrected chi connectivity index (χ2v) is 13.1. The van der Waals surface area contributed by atoms with E-state index in [2.05, 4.69) is 10.1 Å². The number of carbonyl (C=O) groups is 2. The quantitative estimate of drug-likeness (QED) is 0.383. The van der Waals surface area contributed by atoms with Crippen LogP contribution in [0.2, 0.25) is 0 Å². The van der Waals surface area contributed by atoms with Crippen LogP contribution in [0, 0.1) is 11.8 Å². The predicted molar refractivity (Wildman–Crippen MR) is 152 cm³/mol. The molecule has 2 amide bonds. The normalized spacial score (nSPS) is 22.4. The molecule has 232 valence electrons. The van der Waals surface area contributed by atoms with Crippen molar-refractivity contribution < 1.29 is 40.3 Å². The molecule has 13 heteroatoms. The standard InChI is InChI=1S/C30H33F4N3O5S/c1-29(43(35,40)41)15-14-22(31)16-26(29)21-10-6-20(7-11-21)18-37(2)28(39)25-5-3-4-24(25)27(38)36-17-19-8-12-23(13-9-19)42-30(32,33)34/h6-14,16,24-25H,3-5,15,17-18H2,1-2H3,(H,36,38)(H2,35,40,41). The topological polar surface area (TPSA) is 119 Å². The molecule has 0 heterocycles. The summed E-state index contributed by atoms with van der Waals surface area (Å²) in [7, 11) is -2.41. The third kappa shape index (κ3) is 7.63. The zero-order valence-electron chi connectivity index (χ0n) is 23.7. The Hall–Kier alpha value is -3.71. The van der Waals surface area contributed by atoms with Crippen molar-refractivity contribution in [3.05, 3.63) is 83.2 Å². The van der Waals surface area contributed by atoms with Crippen molar-refractivity contribution in [2.75, 3.05) is 7.05 Å². The Balaban J connectivity index is 1.36. The van der Waals surface area contributed by atoms with E-state index in [9.17, 15) is 35.6 Å². The molecule has 2 aromatic carbocycles. The number of rotatable bonds is 9. The van der Waals surface area contributed by atoms with Gasteiger partial charge in [-0.25, -0.2) is 17.9 Å². The van der Waals surface area contributed by atoms with Gasteiger partial charge in [-0.15, -0.1) is 13.2 Å². The minimum atomic E-state index is -4.79. The Morgan fingerprint density at radius 1 is 1.05 bits per heavy atom. The minimum absolute atomic E-state index is 0.0886. The average Bonchev–Trinajstić information content (AvgIpc) is 3.42. The second-order valence-electron chi connectivity index (χ2n) is 11.1. The van der Waals surface area contributed by atoms with Crippen molar-refractivity contribution in [2.45, 2.75) is 56.8 Å². The van der Waals surface area contributed by atoms with Gasteiger partial charge in [-0.05, 0) is 72.7 Å². The molecular formula is C30H33F4N3O5S. The predicted octanol–water partition coefficient (Wildman–Crippen LogP) is 4.96. The number of allylic oxidation sites excluding steroid dienone is 3. The van der Waals surface area contributed by atoms with Crippen molar-refractivity contribution in [1.29, 1.82) is 0 Å². The molecule has 8 nitrogen and oxygen atoms in total. The molecule has 0 bridgehead atoms. The van der Waals surface area contributed by atoms with E-state index in [0.29, 0.717) is 30.4 Å². The lowest BCUT2D eigenvalue weighted by Crippen LogP contribution is -2.42. The minimum Gasteiger partial charge on any atom is -0.406 e. The fraction of sp³-hybridized carbons (Fsp3) is 0.400. The number of halogens is 4. The molecule has 4 rings (SSSR count). The molecule has 0 aliphatic heterocycles. The van der Waals surface area contributed by atoms with Crippen LogP contribution in [-0.2, 0) is 32.7 Å². The lowest BCUT2D eigenvalue weighted by molar-refractivity contribution is -0.274. The molecule has 2 aliphatic rings. The summed E-state index contributed by atoms with van der Waals surface area (Å²) >= 11 is 0. The zero-order chi connectivity index (χ0) is 31.6. The largest absolute Gasteiger partial charge is 0.573 e. The van der Waals surface area contributed by atoms with Crippen LogP contribution in [0.5, 0.6) is 5.75 Å². The van der Waals surface area contributed by atoms with E-state index in [0.717, 1.165) is 5.56 Å². The monoisotopic (exact) mass is 623 g/mol. The van der Waals surface area contributed by atoms with Gasteiger partial charge in [0, 0.05) is 32.0 Å². The van der Waals surface area contributed by atoms with Gasteiger partial charge in [-0.1, -0.05) is 42.8 Å². The van der Waals surface area contributed by atoms with Crippen molar-refractivity contribution in [1.82, 2.24) is 10.2 Å². The smallest absolute Gasteiger partial charge is 0.406 e. The maximum Gasteiger partial charge on any atom is 0.573 e. The van der Waals surface area contributed by atoms with Gasteiger partial charge in [-0.3, -0.25) is 9.59 Å². The van der Waals surface area contributed by atoms with E-state index in [-0.39, 0.29) is 42.6 Å². The third-order valence-corrected chi connectivity index (χ3v) is 9.66. The second kappa shape index (κ2) is 12.5. The zero-order valence-corrected chi connectivity index (χ0v) is 24.5. The number of primary sulfonamides is 1. The number of nitrogens with two attached hydrogens (primary N) is 1. The molecular weight excluding hydrogens is 590 g/mol. The summed E-state index contributed by atoms with van der Waals surface area (Å²) in [5, 5.41) is 8.26. The van der Waals surface area contributed by atoms with E-state index in [1.807, 2.05) is 0 Å². The van der Waals surface area contributed by atoms with Crippen LogP contribution in [0.3, 0.4) is 0 Å². The summed E-state index contributed by atoms with van der Waals surface area (Å²) in [4.78, 5) is 27.8. The van der Waals surface area contributed by atoms with Crippen LogP contribution in [0.15, 0.2) is 66.5 Å². The van der Waals surface area contributed by atoms with Gasteiger partial charge in [0.2, 0.25) is 21.8 Å². The first kappa shape index (κ1) is 32.2. The number of carbonyl (C=O) groups excluding carboxylic acids is 2. The SMILES string of the molecule is CN(Cc1ccc(C2=CC(F)=CCC2(C)S(N)(=O)=O)cc1)C(=O)C1CCCC1C(=O)NCc1ccc(OC(F)(F)F)cc1. The van der Waals surface area contributed by atoms with E-state index >= 15 is 0 Å². The molecule has 0 radical (unpaired) electrons. The summed E-state index contributed by atoms with van der Waals surface area (Å²) in [5.41, 5.74) is 2.07. The number of nitrogens with zero attached hydrogens (tertiary/aromatic N) is 1. The summed E-state index contributed by atoms with van der Waals surface area (Å²) in [6, 6.07) is 11.9. The average molecular weight is 624 g/mol. The molecule has 3 atom stereocenters. The Morgan fingerprint density at radius 2 is 1.65 bits per heavy atom. The molecule has 1 saturated carbocycles. The van der Waals surface area contributed by atoms with Crippen LogP contribution in [-0.4, -0.2) is 43.3 Å². The summed E-state index contributed by atoms with van der Waals surface area (Å²) in [6.45, 7) is 1.77. The number of alkyl halides is 3. The molecule has 3 N–H and O–H groups in total. The lowest BCUT2D eigenvalue weighted by Gasteiger charge is -2.31. The van der Waals surface area contributed by atoms with Crippen molar-refractivity contribution in [3.63, 3.8) is 0 Å². The molecule has 0 spiro atoms. The van der Waals surface area contributed by atoms with Gasteiger partial charge < -0.3 is 15.0 Å². The molecule has 1 fully saturated rings. The fourth-order valence-corrected chi connectivity index (χ4v) is 6.33. The number of nitrogens with one attached hydrogen (secondary N) is 1. The Morgan fingerprint density at radius 3 is 2.26 bits per heavy atom. The van der Waals surface area contributed by atoms with E-state index in [1.165, 1.54) is 48.2 Å². The molecule has 3 unspecified atom stereocenters. The van der Waals surface area contributed by atoms with Crippen LogP contribution >= 0.6 is 0 Å². The molecule has 0 aromatic heterocycles.